The molecule has 2 aromatic rings. The van der Waals surface area contributed by atoms with Crippen molar-refractivity contribution in [3.8, 4) is 0 Å². The molecule has 0 aromatic heterocycles. The molecule has 0 saturated heterocycles. The fourth-order valence-corrected chi connectivity index (χ4v) is 3.60. The van der Waals surface area contributed by atoms with Crippen LogP contribution in [-0.2, 0) is 9.53 Å². The summed E-state index contributed by atoms with van der Waals surface area (Å²) in [6, 6.07) is 16.8. The van der Waals surface area contributed by atoms with Crippen LogP contribution in [0.5, 0.6) is 0 Å². The third-order valence-electron chi connectivity index (χ3n) is 3.52. The number of anilines is 2. The summed E-state index contributed by atoms with van der Waals surface area (Å²) in [5.41, 5.74) is 2.43. The number of hydrogen-bond acceptors (Lipinski definition) is 4. The zero-order chi connectivity index (χ0) is 14.7. The highest BCUT2D eigenvalue weighted by Gasteiger charge is 2.22. The molecule has 0 bridgehead atoms. The number of carbonyl (C=O) groups excluding carboxylic acids is 1. The van der Waals surface area contributed by atoms with E-state index in [0.29, 0.717) is 6.42 Å². The third kappa shape index (κ3) is 2.90. The summed E-state index contributed by atoms with van der Waals surface area (Å²) in [7, 11) is 1.43. The zero-order valence-electron chi connectivity index (χ0n) is 11.9. The number of benzene rings is 2. The Bertz CT molecular complexity index is 611. The Morgan fingerprint density at radius 3 is 2.19 bits per heavy atom. The van der Waals surface area contributed by atoms with Gasteiger partial charge in [-0.3, -0.25) is 4.79 Å². The lowest BCUT2D eigenvalue weighted by Crippen LogP contribution is -2.22. The monoisotopic (exact) mass is 299 g/mol. The van der Waals surface area contributed by atoms with Crippen LogP contribution in [-0.4, -0.2) is 19.6 Å². The minimum Gasteiger partial charge on any atom is -0.469 e. The van der Waals surface area contributed by atoms with E-state index in [9.17, 15) is 4.79 Å². The highest BCUT2D eigenvalue weighted by atomic mass is 32.2. The van der Waals surface area contributed by atoms with E-state index < -0.39 is 0 Å². The van der Waals surface area contributed by atoms with Gasteiger partial charge >= 0.3 is 5.97 Å². The van der Waals surface area contributed by atoms with E-state index in [2.05, 4.69) is 53.4 Å². The minimum absolute atomic E-state index is 0.150. The second kappa shape index (κ2) is 6.22. The largest absolute Gasteiger partial charge is 0.469 e. The van der Waals surface area contributed by atoms with Gasteiger partial charge in [0.15, 0.2) is 0 Å². The predicted octanol–water partition coefficient (Wildman–Crippen LogP) is 4.24. The second-order valence-electron chi connectivity index (χ2n) is 4.87. The van der Waals surface area contributed by atoms with Gasteiger partial charge in [0.1, 0.15) is 0 Å². The van der Waals surface area contributed by atoms with Crippen LogP contribution >= 0.6 is 11.8 Å². The molecular formula is C17H17NO2S. The number of hydrogen-bond donors (Lipinski definition) is 0. The van der Waals surface area contributed by atoms with Crippen LogP contribution in [0.1, 0.15) is 12.8 Å². The Morgan fingerprint density at radius 2 is 1.62 bits per heavy atom. The van der Waals surface area contributed by atoms with Crippen LogP contribution in [0.2, 0.25) is 0 Å². The van der Waals surface area contributed by atoms with Gasteiger partial charge in [0.2, 0.25) is 0 Å². The van der Waals surface area contributed by atoms with E-state index in [-0.39, 0.29) is 5.97 Å². The molecule has 0 aliphatic carbocycles. The maximum Gasteiger partial charge on any atom is 0.305 e. The van der Waals surface area contributed by atoms with E-state index in [1.54, 1.807) is 11.8 Å². The first-order chi connectivity index (χ1) is 10.3. The Morgan fingerprint density at radius 1 is 1.05 bits per heavy atom. The van der Waals surface area contributed by atoms with Crippen molar-refractivity contribution in [3.63, 3.8) is 0 Å². The van der Waals surface area contributed by atoms with Gasteiger partial charge < -0.3 is 9.64 Å². The Kier molecular flexibility index (Phi) is 4.15. The summed E-state index contributed by atoms with van der Waals surface area (Å²) in [5, 5.41) is 0. The second-order valence-corrected chi connectivity index (χ2v) is 5.95. The van der Waals surface area contributed by atoms with Crippen molar-refractivity contribution in [2.24, 2.45) is 0 Å². The van der Waals surface area contributed by atoms with Gasteiger partial charge in [-0.15, -0.1) is 0 Å². The van der Waals surface area contributed by atoms with E-state index in [0.717, 1.165) is 13.0 Å². The molecule has 1 heterocycles. The van der Waals surface area contributed by atoms with E-state index in [1.165, 1.54) is 28.3 Å². The van der Waals surface area contributed by atoms with E-state index in [1.807, 2.05) is 0 Å². The maximum atomic E-state index is 11.3. The van der Waals surface area contributed by atoms with E-state index >= 15 is 0 Å². The number of para-hydroxylation sites is 2. The molecule has 0 spiro atoms. The van der Waals surface area contributed by atoms with Crippen molar-refractivity contribution in [3.05, 3.63) is 48.5 Å². The topological polar surface area (TPSA) is 29.5 Å². The zero-order valence-corrected chi connectivity index (χ0v) is 12.7. The first-order valence-electron chi connectivity index (χ1n) is 7.00. The molecule has 0 atom stereocenters. The lowest BCUT2D eigenvalue weighted by atomic mass is 10.2. The van der Waals surface area contributed by atoms with Crippen LogP contribution in [0.4, 0.5) is 11.4 Å². The first kappa shape index (κ1) is 14.0. The van der Waals surface area contributed by atoms with Crippen molar-refractivity contribution in [1.29, 1.82) is 0 Å². The third-order valence-corrected chi connectivity index (χ3v) is 4.65. The molecule has 0 amide bonds. The normalized spacial score (nSPS) is 12.5. The molecule has 0 unspecified atom stereocenters. The van der Waals surface area contributed by atoms with Gasteiger partial charge in [0.25, 0.3) is 0 Å². The van der Waals surface area contributed by atoms with Crippen molar-refractivity contribution in [2.75, 3.05) is 18.6 Å². The van der Waals surface area contributed by atoms with Gasteiger partial charge in [-0.2, -0.15) is 0 Å². The van der Waals surface area contributed by atoms with Crippen LogP contribution < -0.4 is 4.90 Å². The molecule has 0 N–H and O–H groups in total. The Balaban J connectivity index is 1.86. The van der Waals surface area contributed by atoms with Crippen molar-refractivity contribution in [2.45, 2.75) is 22.6 Å². The molecule has 3 nitrogen and oxygen atoms in total. The predicted molar refractivity (Wildman–Crippen MR) is 85.3 cm³/mol. The van der Waals surface area contributed by atoms with E-state index in [4.69, 9.17) is 4.74 Å². The molecular weight excluding hydrogens is 282 g/mol. The number of rotatable bonds is 4. The summed E-state index contributed by atoms with van der Waals surface area (Å²) < 4.78 is 4.72. The maximum absolute atomic E-state index is 11.3. The van der Waals surface area contributed by atoms with Gasteiger partial charge in [0, 0.05) is 22.8 Å². The number of esters is 1. The molecule has 0 radical (unpaired) electrons. The van der Waals surface area contributed by atoms with Crippen LogP contribution in [0, 0.1) is 0 Å². The van der Waals surface area contributed by atoms with Gasteiger partial charge in [-0.1, -0.05) is 36.0 Å². The highest BCUT2D eigenvalue weighted by molar-refractivity contribution is 7.99. The van der Waals surface area contributed by atoms with Crippen LogP contribution in [0.15, 0.2) is 58.3 Å². The van der Waals surface area contributed by atoms with Gasteiger partial charge in [0.05, 0.1) is 18.5 Å². The number of fused-ring (bicyclic) bond motifs is 2. The molecule has 1 aliphatic heterocycles. The SMILES string of the molecule is COC(=O)CCCN1c2ccccc2Sc2ccccc21. The number of ether oxygens (including phenoxy) is 1. The number of nitrogens with zero attached hydrogens (tertiary/aromatic N) is 1. The molecule has 0 fully saturated rings. The van der Waals surface area contributed by atoms with Gasteiger partial charge in [-0.25, -0.2) is 0 Å². The molecule has 1 aliphatic rings. The fourth-order valence-electron chi connectivity index (χ4n) is 2.51. The number of carbonyl (C=O) groups is 1. The smallest absolute Gasteiger partial charge is 0.305 e. The van der Waals surface area contributed by atoms with Crippen molar-refractivity contribution in [1.82, 2.24) is 0 Å². The lowest BCUT2D eigenvalue weighted by molar-refractivity contribution is -0.140. The lowest BCUT2D eigenvalue weighted by Gasteiger charge is -2.32. The van der Waals surface area contributed by atoms with Crippen LogP contribution in [0.3, 0.4) is 0 Å². The summed E-state index contributed by atoms with van der Waals surface area (Å²) in [6.45, 7) is 0.809. The average Bonchev–Trinajstić information content (AvgIpc) is 2.54. The number of methoxy groups -OCH3 is 1. The highest BCUT2D eigenvalue weighted by Crippen LogP contribution is 2.47. The fraction of sp³-hybridized carbons (Fsp3) is 0.235. The summed E-state index contributed by atoms with van der Waals surface area (Å²) in [6.07, 6.45) is 1.23. The first-order valence-corrected chi connectivity index (χ1v) is 7.81. The molecule has 21 heavy (non-hydrogen) atoms. The summed E-state index contributed by atoms with van der Waals surface area (Å²) in [4.78, 5) is 16.1. The molecule has 0 saturated carbocycles. The molecule has 3 rings (SSSR count). The van der Waals surface area contributed by atoms with Crippen molar-refractivity contribution >= 4 is 29.1 Å². The summed E-state index contributed by atoms with van der Waals surface area (Å²) >= 11 is 1.80. The average molecular weight is 299 g/mol. The standard InChI is InChI=1S/C17H17NO2S/c1-20-17(19)11-6-12-18-13-7-2-4-9-15(13)21-16-10-5-3-8-14(16)18/h2-5,7-10H,6,11-12H2,1H3. The molecule has 4 heteroatoms. The van der Waals surface area contributed by atoms with Crippen LogP contribution in [0.25, 0.3) is 0 Å². The Labute approximate surface area is 128 Å². The van der Waals surface area contributed by atoms with Gasteiger partial charge in [-0.05, 0) is 30.7 Å². The quantitative estimate of drug-likeness (QED) is 0.790. The Hall–Kier alpha value is -1.94. The summed E-state index contributed by atoms with van der Waals surface area (Å²) in [5.74, 6) is -0.150. The molecule has 2 aromatic carbocycles. The van der Waals surface area contributed by atoms with Crippen molar-refractivity contribution < 1.29 is 9.53 Å². The minimum atomic E-state index is -0.150. The molecule has 108 valence electrons.